The second kappa shape index (κ2) is 4.43. The highest BCUT2D eigenvalue weighted by Gasteiger charge is 2.33. The molecule has 0 heterocycles. The minimum atomic E-state index is 0.427. The van der Waals surface area contributed by atoms with Crippen LogP contribution in [0.2, 0.25) is 0 Å². The van der Waals surface area contributed by atoms with Crippen LogP contribution < -0.4 is 5.73 Å². The van der Waals surface area contributed by atoms with Gasteiger partial charge in [-0.15, -0.1) is 0 Å². The summed E-state index contributed by atoms with van der Waals surface area (Å²) in [5.41, 5.74) is 6.33. The smallest absolute Gasteiger partial charge is 0.00440 e. The van der Waals surface area contributed by atoms with Crippen LogP contribution >= 0.6 is 0 Å². The van der Waals surface area contributed by atoms with Gasteiger partial charge in [0.15, 0.2) is 0 Å². The van der Waals surface area contributed by atoms with Crippen molar-refractivity contribution < 1.29 is 0 Å². The van der Waals surface area contributed by atoms with Gasteiger partial charge in [0.25, 0.3) is 0 Å². The molecule has 0 radical (unpaired) electrons. The van der Waals surface area contributed by atoms with E-state index < -0.39 is 0 Å². The van der Waals surface area contributed by atoms with E-state index in [0.29, 0.717) is 5.41 Å². The summed E-state index contributed by atoms with van der Waals surface area (Å²) in [4.78, 5) is 2.28. The summed E-state index contributed by atoms with van der Waals surface area (Å²) in [6, 6.07) is 0. The average Bonchev–Trinajstić information content (AvgIpc) is 2.09. The Kier molecular flexibility index (Phi) is 3.74. The number of hydrogen-bond acceptors (Lipinski definition) is 2. The molecule has 0 saturated heterocycles. The van der Waals surface area contributed by atoms with Crippen LogP contribution in [0.25, 0.3) is 0 Å². The molecule has 1 aliphatic carbocycles. The fraction of sp³-hybridized carbons (Fsp3) is 1.00. The molecule has 1 fully saturated rings. The molecule has 0 atom stereocenters. The van der Waals surface area contributed by atoms with E-state index in [2.05, 4.69) is 25.9 Å². The van der Waals surface area contributed by atoms with Crippen molar-refractivity contribution in [1.29, 1.82) is 0 Å². The summed E-state index contributed by atoms with van der Waals surface area (Å²) in [7, 11) is 4.30. The standard InChI is InChI=1S/C11H24N2/c1-10-4-6-11(8-12,7-5-10)9-13(2)3/h10H,4-9,12H2,1-3H3. The molecule has 78 valence electrons. The van der Waals surface area contributed by atoms with Crippen LogP contribution in [0.1, 0.15) is 32.6 Å². The van der Waals surface area contributed by atoms with Gasteiger partial charge < -0.3 is 10.6 Å². The van der Waals surface area contributed by atoms with Gasteiger partial charge in [-0.05, 0) is 44.8 Å². The molecule has 0 amide bonds. The minimum absolute atomic E-state index is 0.427. The maximum absolute atomic E-state index is 5.91. The predicted molar refractivity (Wildman–Crippen MR) is 57.7 cm³/mol. The highest BCUT2D eigenvalue weighted by Crippen LogP contribution is 2.38. The first-order chi connectivity index (χ1) is 6.08. The summed E-state index contributed by atoms with van der Waals surface area (Å²) < 4.78 is 0. The second-order valence-corrected chi connectivity index (χ2v) is 5.12. The fourth-order valence-electron chi connectivity index (χ4n) is 2.47. The lowest BCUT2D eigenvalue weighted by Crippen LogP contribution is -2.42. The molecule has 0 aromatic rings. The van der Waals surface area contributed by atoms with E-state index in [1.165, 1.54) is 25.7 Å². The second-order valence-electron chi connectivity index (χ2n) is 5.12. The third-order valence-corrected chi connectivity index (χ3v) is 3.42. The molecule has 1 rings (SSSR count). The van der Waals surface area contributed by atoms with Gasteiger partial charge in [-0.2, -0.15) is 0 Å². The van der Waals surface area contributed by atoms with Crippen molar-refractivity contribution in [2.75, 3.05) is 27.2 Å². The summed E-state index contributed by atoms with van der Waals surface area (Å²) in [5.74, 6) is 0.918. The topological polar surface area (TPSA) is 29.3 Å². The average molecular weight is 184 g/mol. The van der Waals surface area contributed by atoms with Gasteiger partial charge in [-0.25, -0.2) is 0 Å². The van der Waals surface area contributed by atoms with Gasteiger partial charge in [0.2, 0.25) is 0 Å². The van der Waals surface area contributed by atoms with Gasteiger partial charge >= 0.3 is 0 Å². The third-order valence-electron chi connectivity index (χ3n) is 3.42. The molecule has 13 heavy (non-hydrogen) atoms. The number of hydrogen-bond donors (Lipinski definition) is 1. The van der Waals surface area contributed by atoms with Crippen LogP contribution in [0.3, 0.4) is 0 Å². The van der Waals surface area contributed by atoms with Crippen molar-refractivity contribution >= 4 is 0 Å². The maximum atomic E-state index is 5.91. The Balaban J connectivity index is 2.50. The molecule has 0 unspecified atom stereocenters. The first-order valence-electron chi connectivity index (χ1n) is 5.43. The van der Waals surface area contributed by atoms with Crippen molar-refractivity contribution in [3.63, 3.8) is 0 Å². The van der Waals surface area contributed by atoms with Crippen molar-refractivity contribution in [2.24, 2.45) is 17.1 Å². The molecule has 2 heteroatoms. The first kappa shape index (κ1) is 11.0. The monoisotopic (exact) mass is 184 g/mol. The Morgan fingerprint density at radius 2 is 1.85 bits per heavy atom. The highest BCUT2D eigenvalue weighted by atomic mass is 15.1. The number of nitrogens with two attached hydrogens (primary N) is 1. The van der Waals surface area contributed by atoms with Crippen molar-refractivity contribution in [3.8, 4) is 0 Å². The zero-order chi connectivity index (χ0) is 9.90. The molecule has 2 N–H and O–H groups in total. The molecule has 0 aromatic heterocycles. The summed E-state index contributed by atoms with van der Waals surface area (Å²) >= 11 is 0. The van der Waals surface area contributed by atoms with Crippen LogP contribution in [0.5, 0.6) is 0 Å². The van der Waals surface area contributed by atoms with Gasteiger partial charge in [-0.3, -0.25) is 0 Å². The molecule has 0 aliphatic heterocycles. The summed E-state index contributed by atoms with van der Waals surface area (Å²) in [5, 5.41) is 0. The molecule has 0 aromatic carbocycles. The third kappa shape index (κ3) is 2.96. The summed E-state index contributed by atoms with van der Waals surface area (Å²) in [6.07, 6.45) is 5.38. The Labute approximate surface area is 82.5 Å². The van der Waals surface area contributed by atoms with Crippen LogP contribution in [-0.4, -0.2) is 32.1 Å². The van der Waals surface area contributed by atoms with E-state index in [0.717, 1.165) is 19.0 Å². The van der Waals surface area contributed by atoms with E-state index in [-0.39, 0.29) is 0 Å². The van der Waals surface area contributed by atoms with E-state index in [4.69, 9.17) is 5.73 Å². The van der Waals surface area contributed by atoms with Crippen LogP contribution in [0, 0.1) is 11.3 Å². The normalized spacial score (nSPS) is 35.3. The molecule has 0 spiro atoms. The largest absolute Gasteiger partial charge is 0.330 e. The molecule has 1 aliphatic rings. The van der Waals surface area contributed by atoms with E-state index in [1.54, 1.807) is 0 Å². The lowest BCUT2D eigenvalue weighted by Gasteiger charge is -2.40. The van der Waals surface area contributed by atoms with Gasteiger partial charge in [0.1, 0.15) is 0 Å². The Morgan fingerprint density at radius 3 is 2.23 bits per heavy atom. The molecule has 2 nitrogen and oxygen atoms in total. The minimum Gasteiger partial charge on any atom is -0.330 e. The van der Waals surface area contributed by atoms with Gasteiger partial charge in [0.05, 0.1) is 0 Å². The fourth-order valence-corrected chi connectivity index (χ4v) is 2.47. The highest BCUT2D eigenvalue weighted by molar-refractivity contribution is 4.87. The van der Waals surface area contributed by atoms with Crippen LogP contribution in [0.15, 0.2) is 0 Å². The summed E-state index contributed by atoms with van der Waals surface area (Å²) in [6.45, 7) is 4.38. The lowest BCUT2D eigenvalue weighted by atomic mass is 9.70. The number of nitrogens with zero attached hydrogens (tertiary/aromatic N) is 1. The first-order valence-corrected chi connectivity index (χ1v) is 5.43. The van der Waals surface area contributed by atoms with Crippen molar-refractivity contribution in [2.45, 2.75) is 32.6 Å². The quantitative estimate of drug-likeness (QED) is 0.723. The van der Waals surface area contributed by atoms with Crippen molar-refractivity contribution in [1.82, 2.24) is 4.90 Å². The maximum Gasteiger partial charge on any atom is 0.00440 e. The molecular formula is C11H24N2. The SMILES string of the molecule is CC1CCC(CN)(CN(C)C)CC1. The van der Waals surface area contributed by atoms with E-state index >= 15 is 0 Å². The Morgan fingerprint density at radius 1 is 1.31 bits per heavy atom. The van der Waals surface area contributed by atoms with Crippen molar-refractivity contribution in [3.05, 3.63) is 0 Å². The van der Waals surface area contributed by atoms with Gasteiger partial charge in [-0.1, -0.05) is 19.8 Å². The van der Waals surface area contributed by atoms with E-state index in [1.807, 2.05) is 0 Å². The lowest BCUT2D eigenvalue weighted by molar-refractivity contribution is 0.120. The molecular weight excluding hydrogens is 160 g/mol. The van der Waals surface area contributed by atoms with E-state index in [9.17, 15) is 0 Å². The molecule has 1 saturated carbocycles. The Bertz CT molecular complexity index is 146. The Hall–Kier alpha value is -0.0800. The zero-order valence-corrected chi connectivity index (χ0v) is 9.34. The zero-order valence-electron chi connectivity index (χ0n) is 9.34. The van der Waals surface area contributed by atoms with Gasteiger partial charge in [0, 0.05) is 6.54 Å². The van der Waals surface area contributed by atoms with Crippen LogP contribution in [0.4, 0.5) is 0 Å². The number of rotatable bonds is 3. The predicted octanol–water partition coefficient (Wildman–Crippen LogP) is 1.70. The molecule has 0 bridgehead atoms. The van der Waals surface area contributed by atoms with Crippen LogP contribution in [-0.2, 0) is 0 Å².